The Bertz CT molecular complexity index is 288. The lowest BCUT2D eigenvalue weighted by atomic mass is 10.5. The molecule has 1 rings (SSSR count). The Kier molecular flexibility index (Phi) is 2.84. The molecule has 0 radical (unpaired) electrons. The van der Waals surface area contributed by atoms with E-state index in [1.807, 2.05) is 0 Å². The molecule has 1 aromatic heterocycles. The second-order valence-electron chi connectivity index (χ2n) is 2.23. The maximum atomic E-state index is 11.1. The topological polar surface area (TPSA) is 59.4 Å². The van der Waals surface area contributed by atoms with Crippen molar-refractivity contribution in [2.24, 2.45) is 0 Å². The maximum absolute atomic E-state index is 11.1. The fraction of sp³-hybridized carbons (Fsp3) is 0.286. The van der Waals surface area contributed by atoms with Gasteiger partial charge in [-0.1, -0.05) is 6.92 Å². The number of hydrogen-bond acceptors (Lipinski definition) is 3. The fourth-order valence-electron chi connectivity index (χ4n) is 0.630. The summed E-state index contributed by atoms with van der Waals surface area (Å²) in [5.41, 5.74) is 0. The van der Waals surface area contributed by atoms with Crippen LogP contribution in [0, 0.1) is 0 Å². The largest absolute Gasteiger partial charge is 0.423 e. The van der Waals surface area contributed by atoms with Gasteiger partial charge in [0.15, 0.2) is 0 Å². The van der Waals surface area contributed by atoms with E-state index in [4.69, 9.17) is 9.42 Å². The van der Waals surface area contributed by atoms with Crippen molar-refractivity contribution < 1.29 is 14.0 Å². The van der Waals surface area contributed by atoms with Crippen molar-refractivity contribution in [2.45, 2.75) is 6.92 Å². The van der Waals surface area contributed by atoms with E-state index in [0.29, 0.717) is 5.75 Å². The van der Waals surface area contributed by atoms with Crippen molar-refractivity contribution in [2.75, 3.05) is 6.16 Å². The van der Waals surface area contributed by atoms with Gasteiger partial charge in [0, 0.05) is 6.20 Å². The molecule has 0 aromatic carbocycles. The zero-order chi connectivity index (χ0) is 9.03. The first-order valence-corrected chi connectivity index (χ1v) is 5.32. The maximum Gasteiger partial charge on any atom is 0.376 e. The lowest BCUT2D eigenvalue weighted by molar-refractivity contribution is 0.380. The SMILES string of the molecule is CCP(=O)(O)Oc1cccnc1. The third-order valence-corrected chi connectivity index (χ3v) is 2.58. The molecule has 5 heteroatoms. The van der Waals surface area contributed by atoms with Crippen molar-refractivity contribution in [3.05, 3.63) is 24.5 Å². The number of aromatic nitrogens is 1. The fourth-order valence-corrected chi connectivity index (χ4v) is 1.20. The van der Waals surface area contributed by atoms with Gasteiger partial charge in [-0.2, -0.15) is 0 Å². The number of nitrogens with zero attached hydrogens (tertiary/aromatic N) is 1. The molecule has 1 atom stereocenters. The molecule has 0 saturated heterocycles. The first kappa shape index (κ1) is 9.23. The summed E-state index contributed by atoms with van der Waals surface area (Å²) in [6.45, 7) is 1.59. The van der Waals surface area contributed by atoms with Gasteiger partial charge in [-0.3, -0.25) is 4.98 Å². The van der Waals surface area contributed by atoms with Gasteiger partial charge in [0.05, 0.1) is 12.4 Å². The summed E-state index contributed by atoms with van der Waals surface area (Å²) in [4.78, 5) is 12.8. The van der Waals surface area contributed by atoms with Gasteiger partial charge < -0.3 is 9.42 Å². The zero-order valence-corrected chi connectivity index (χ0v) is 7.57. The van der Waals surface area contributed by atoms with Crippen LogP contribution in [0.5, 0.6) is 5.75 Å². The molecule has 0 aliphatic rings. The Morgan fingerprint density at radius 3 is 3.00 bits per heavy atom. The molecule has 0 aliphatic heterocycles. The van der Waals surface area contributed by atoms with E-state index in [2.05, 4.69) is 4.98 Å². The average Bonchev–Trinajstić information content (AvgIpc) is 2.06. The predicted octanol–water partition coefficient (Wildman–Crippen LogP) is 1.67. The average molecular weight is 187 g/mol. The first-order valence-electron chi connectivity index (χ1n) is 3.55. The van der Waals surface area contributed by atoms with Crippen LogP contribution < -0.4 is 4.52 Å². The van der Waals surface area contributed by atoms with Crippen LogP contribution in [0.15, 0.2) is 24.5 Å². The smallest absolute Gasteiger partial charge is 0.376 e. The highest BCUT2D eigenvalue weighted by Crippen LogP contribution is 2.41. The van der Waals surface area contributed by atoms with Gasteiger partial charge >= 0.3 is 7.60 Å². The molecule has 0 fully saturated rings. The molecule has 1 aromatic rings. The van der Waals surface area contributed by atoms with E-state index in [0.717, 1.165) is 0 Å². The minimum absolute atomic E-state index is 0.0991. The Hall–Kier alpha value is -0.860. The van der Waals surface area contributed by atoms with Crippen molar-refractivity contribution in [1.82, 2.24) is 4.98 Å². The molecule has 0 saturated carbocycles. The molecule has 0 amide bonds. The Morgan fingerprint density at radius 2 is 2.50 bits per heavy atom. The standard InChI is InChI=1S/C7H10NO3P/c1-2-12(9,10)11-7-4-3-5-8-6-7/h3-6H,2H2,1H3,(H,9,10). The zero-order valence-electron chi connectivity index (χ0n) is 6.67. The number of pyridine rings is 1. The molecular weight excluding hydrogens is 177 g/mol. The van der Waals surface area contributed by atoms with Crippen LogP contribution in [0.2, 0.25) is 0 Å². The summed E-state index contributed by atoms with van der Waals surface area (Å²) in [6, 6.07) is 3.23. The Balaban J connectivity index is 2.71. The molecule has 12 heavy (non-hydrogen) atoms. The molecule has 66 valence electrons. The van der Waals surface area contributed by atoms with Crippen LogP contribution in [0.3, 0.4) is 0 Å². The quantitative estimate of drug-likeness (QED) is 0.731. The minimum Gasteiger partial charge on any atom is -0.423 e. The van der Waals surface area contributed by atoms with Gasteiger partial charge in [-0.15, -0.1) is 0 Å². The van der Waals surface area contributed by atoms with Crippen molar-refractivity contribution in [3.8, 4) is 5.75 Å². The van der Waals surface area contributed by atoms with Gasteiger partial charge in [0.2, 0.25) is 0 Å². The summed E-state index contributed by atoms with van der Waals surface area (Å²) in [5.74, 6) is 0.324. The molecule has 0 spiro atoms. The molecule has 1 unspecified atom stereocenters. The van der Waals surface area contributed by atoms with Crippen LogP contribution in [-0.2, 0) is 4.57 Å². The van der Waals surface area contributed by atoms with Gasteiger partial charge in [-0.05, 0) is 12.1 Å². The molecule has 1 heterocycles. The molecule has 0 bridgehead atoms. The van der Waals surface area contributed by atoms with E-state index in [1.54, 1.807) is 25.3 Å². The Morgan fingerprint density at radius 1 is 1.75 bits per heavy atom. The second-order valence-corrected chi connectivity index (χ2v) is 4.32. The summed E-state index contributed by atoms with van der Waals surface area (Å²) >= 11 is 0. The molecular formula is C7H10NO3P. The van der Waals surface area contributed by atoms with E-state index in [1.165, 1.54) is 6.20 Å². The predicted molar refractivity (Wildman–Crippen MR) is 45.2 cm³/mol. The lowest BCUT2D eigenvalue weighted by Crippen LogP contribution is -1.94. The van der Waals surface area contributed by atoms with Crippen molar-refractivity contribution in [3.63, 3.8) is 0 Å². The third-order valence-electron chi connectivity index (χ3n) is 1.28. The summed E-state index contributed by atoms with van der Waals surface area (Å²) in [5, 5.41) is 0. The van der Waals surface area contributed by atoms with Crippen LogP contribution in [-0.4, -0.2) is 16.0 Å². The monoisotopic (exact) mass is 187 g/mol. The summed E-state index contributed by atoms with van der Waals surface area (Å²) < 4.78 is 15.9. The molecule has 4 nitrogen and oxygen atoms in total. The highest BCUT2D eigenvalue weighted by Gasteiger charge is 2.16. The van der Waals surface area contributed by atoms with E-state index < -0.39 is 7.60 Å². The van der Waals surface area contributed by atoms with Gasteiger partial charge in [0.25, 0.3) is 0 Å². The van der Waals surface area contributed by atoms with Gasteiger partial charge in [-0.25, -0.2) is 4.57 Å². The van der Waals surface area contributed by atoms with Gasteiger partial charge in [0.1, 0.15) is 5.75 Å². The van der Waals surface area contributed by atoms with Crippen LogP contribution in [0.25, 0.3) is 0 Å². The van der Waals surface area contributed by atoms with Crippen LogP contribution >= 0.6 is 7.60 Å². The van der Waals surface area contributed by atoms with E-state index in [9.17, 15) is 4.57 Å². The van der Waals surface area contributed by atoms with Crippen LogP contribution in [0.4, 0.5) is 0 Å². The normalized spacial score (nSPS) is 15.2. The Labute approximate surface area is 70.8 Å². The van der Waals surface area contributed by atoms with E-state index in [-0.39, 0.29) is 6.16 Å². The van der Waals surface area contributed by atoms with Crippen molar-refractivity contribution in [1.29, 1.82) is 0 Å². The lowest BCUT2D eigenvalue weighted by Gasteiger charge is -2.09. The number of hydrogen-bond donors (Lipinski definition) is 1. The third kappa shape index (κ3) is 2.64. The molecule has 0 aliphatic carbocycles. The summed E-state index contributed by atoms with van der Waals surface area (Å²) in [7, 11) is -3.44. The van der Waals surface area contributed by atoms with E-state index >= 15 is 0 Å². The number of rotatable bonds is 3. The highest BCUT2D eigenvalue weighted by atomic mass is 31.2. The van der Waals surface area contributed by atoms with Crippen LogP contribution in [0.1, 0.15) is 6.92 Å². The highest BCUT2D eigenvalue weighted by molar-refractivity contribution is 7.53. The second kappa shape index (κ2) is 3.70. The summed E-state index contributed by atoms with van der Waals surface area (Å²) in [6.07, 6.45) is 3.07. The molecule has 1 N–H and O–H groups in total. The minimum atomic E-state index is -3.44. The first-order chi connectivity index (χ1) is 5.64. The van der Waals surface area contributed by atoms with Crippen molar-refractivity contribution >= 4 is 7.60 Å².